The van der Waals surface area contributed by atoms with Gasteiger partial charge in [-0.15, -0.1) is 0 Å². The molecule has 0 saturated heterocycles. The third-order valence-electron chi connectivity index (χ3n) is 2.49. The lowest BCUT2D eigenvalue weighted by Gasteiger charge is -2.10. The van der Waals surface area contributed by atoms with Crippen molar-refractivity contribution in [2.24, 2.45) is 0 Å². The van der Waals surface area contributed by atoms with Crippen molar-refractivity contribution in [1.29, 1.82) is 0 Å². The number of ether oxygens (including phenoxy) is 1. The minimum atomic E-state index is 0.536. The Labute approximate surface area is 111 Å². The standard InChI is InChI=1S/C13H14ClN3O/c1-3-18-12-4-8(2)10(5-11(12)14)13-16-6-9(15)7-17-13/h4-7H,3,15H2,1-2H3. The number of benzene rings is 1. The normalized spacial score (nSPS) is 10.4. The zero-order chi connectivity index (χ0) is 13.1. The van der Waals surface area contributed by atoms with Crippen molar-refractivity contribution in [2.45, 2.75) is 13.8 Å². The van der Waals surface area contributed by atoms with Crippen LogP contribution in [-0.4, -0.2) is 16.6 Å². The molecular formula is C13H14ClN3O. The van der Waals surface area contributed by atoms with Crippen LogP contribution < -0.4 is 10.5 Å². The second kappa shape index (κ2) is 5.23. The first kappa shape index (κ1) is 12.6. The molecule has 0 bridgehead atoms. The van der Waals surface area contributed by atoms with E-state index in [9.17, 15) is 0 Å². The summed E-state index contributed by atoms with van der Waals surface area (Å²) in [4.78, 5) is 8.38. The van der Waals surface area contributed by atoms with Crippen LogP contribution >= 0.6 is 11.6 Å². The Morgan fingerprint density at radius 1 is 1.28 bits per heavy atom. The van der Waals surface area contributed by atoms with E-state index < -0.39 is 0 Å². The van der Waals surface area contributed by atoms with Gasteiger partial charge in [0.05, 0.1) is 29.7 Å². The number of aromatic nitrogens is 2. The number of nitrogens with two attached hydrogens (primary N) is 1. The van der Waals surface area contributed by atoms with Gasteiger partial charge in [0.15, 0.2) is 5.82 Å². The molecule has 5 heteroatoms. The number of anilines is 1. The number of hydrogen-bond donors (Lipinski definition) is 1. The van der Waals surface area contributed by atoms with Crippen molar-refractivity contribution in [2.75, 3.05) is 12.3 Å². The quantitative estimate of drug-likeness (QED) is 0.924. The average molecular weight is 264 g/mol. The third kappa shape index (κ3) is 2.54. The van der Waals surface area contributed by atoms with Gasteiger partial charge in [0.25, 0.3) is 0 Å². The van der Waals surface area contributed by atoms with Crippen molar-refractivity contribution in [1.82, 2.24) is 9.97 Å². The Morgan fingerprint density at radius 3 is 2.56 bits per heavy atom. The zero-order valence-corrected chi connectivity index (χ0v) is 11.0. The molecule has 1 heterocycles. The van der Waals surface area contributed by atoms with Crippen LogP contribution in [0.3, 0.4) is 0 Å². The topological polar surface area (TPSA) is 61.0 Å². The lowest BCUT2D eigenvalue weighted by atomic mass is 10.1. The van der Waals surface area contributed by atoms with Crippen molar-refractivity contribution in [3.8, 4) is 17.1 Å². The lowest BCUT2D eigenvalue weighted by Crippen LogP contribution is -1.97. The van der Waals surface area contributed by atoms with E-state index in [1.807, 2.05) is 26.0 Å². The monoisotopic (exact) mass is 263 g/mol. The highest BCUT2D eigenvalue weighted by molar-refractivity contribution is 6.32. The smallest absolute Gasteiger partial charge is 0.159 e. The van der Waals surface area contributed by atoms with Gasteiger partial charge in [-0.25, -0.2) is 9.97 Å². The highest BCUT2D eigenvalue weighted by atomic mass is 35.5. The Hall–Kier alpha value is -1.81. The van der Waals surface area contributed by atoms with Gasteiger partial charge in [0, 0.05) is 5.56 Å². The molecule has 0 aliphatic carbocycles. The van der Waals surface area contributed by atoms with E-state index in [0.29, 0.717) is 28.9 Å². The molecular weight excluding hydrogens is 250 g/mol. The van der Waals surface area contributed by atoms with Gasteiger partial charge in [-0.1, -0.05) is 11.6 Å². The summed E-state index contributed by atoms with van der Waals surface area (Å²) in [7, 11) is 0. The highest BCUT2D eigenvalue weighted by Crippen LogP contribution is 2.32. The maximum atomic E-state index is 6.16. The Morgan fingerprint density at radius 2 is 1.94 bits per heavy atom. The molecule has 0 fully saturated rings. The molecule has 18 heavy (non-hydrogen) atoms. The molecule has 2 aromatic rings. The van der Waals surface area contributed by atoms with Crippen LogP contribution in [0.1, 0.15) is 12.5 Å². The minimum Gasteiger partial charge on any atom is -0.492 e. The van der Waals surface area contributed by atoms with E-state index in [0.717, 1.165) is 11.1 Å². The second-order valence-electron chi connectivity index (χ2n) is 3.87. The molecule has 0 spiro atoms. The third-order valence-corrected chi connectivity index (χ3v) is 2.79. The van der Waals surface area contributed by atoms with Gasteiger partial charge in [-0.05, 0) is 31.5 Å². The predicted octanol–water partition coefficient (Wildman–Crippen LogP) is 3.09. The SMILES string of the molecule is CCOc1cc(C)c(-c2ncc(N)cn2)cc1Cl. The van der Waals surface area contributed by atoms with Gasteiger partial charge in [-0.3, -0.25) is 0 Å². The molecule has 94 valence electrons. The first-order valence-corrected chi connectivity index (χ1v) is 6.00. The molecule has 0 radical (unpaired) electrons. The van der Waals surface area contributed by atoms with E-state index in [1.54, 1.807) is 12.4 Å². The minimum absolute atomic E-state index is 0.536. The van der Waals surface area contributed by atoms with Crippen LogP contribution in [0.25, 0.3) is 11.4 Å². The maximum absolute atomic E-state index is 6.16. The summed E-state index contributed by atoms with van der Waals surface area (Å²) in [5, 5.41) is 0.554. The largest absolute Gasteiger partial charge is 0.492 e. The van der Waals surface area contributed by atoms with Gasteiger partial charge in [-0.2, -0.15) is 0 Å². The van der Waals surface area contributed by atoms with Crippen LogP contribution in [0.4, 0.5) is 5.69 Å². The maximum Gasteiger partial charge on any atom is 0.159 e. The molecule has 1 aromatic carbocycles. The molecule has 0 saturated carbocycles. The van der Waals surface area contributed by atoms with Gasteiger partial charge in [0.2, 0.25) is 0 Å². The molecule has 1 aromatic heterocycles. The van der Waals surface area contributed by atoms with Crippen LogP contribution in [0, 0.1) is 6.92 Å². The first-order chi connectivity index (χ1) is 8.61. The average Bonchev–Trinajstić information content (AvgIpc) is 2.35. The van der Waals surface area contributed by atoms with Gasteiger partial charge < -0.3 is 10.5 Å². The number of nitrogens with zero attached hydrogens (tertiary/aromatic N) is 2. The van der Waals surface area contributed by atoms with E-state index >= 15 is 0 Å². The fraction of sp³-hybridized carbons (Fsp3) is 0.231. The second-order valence-corrected chi connectivity index (χ2v) is 4.28. The molecule has 0 unspecified atom stereocenters. The Kier molecular flexibility index (Phi) is 3.67. The van der Waals surface area contributed by atoms with Crippen LogP contribution in [0.15, 0.2) is 24.5 Å². The van der Waals surface area contributed by atoms with Gasteiger partial charge >= 0.3 is 0 Å². The summed E-state index contributed by atoms with van der Waals surface area (Å²) in [5.74, 6) is 1.28. The van der Waals surface area contributed by atoms with Crippen molar-refractivity contribution in [3.05, 3.63) is 35.1 Å². The summed E-state index contributed by atoms with van der Waals surface area (Å²) in [5.41, 5.74) is 7.99. The van der Waals surface area contributed by atoms with Crippen molar-refractivity contribution in [3.63, 3.8) is 0 Å². The molecule has 0 amide bonds. The molecule has 0 atom stereocenters. The fourth-order valence-corrected chi connectivity index (χ4v) is 1.86. The summed E-state index contributed by atoms with van der Waals surface area (Å²) in [6.45, 7) is 4.47. The van der Waals surface area contributed by atoms with E-state index in [1.165, 1.54) is 0 Å². The van der Waals surface area contributed by atoms with Crippen LogP contribution in [0.5, 0.6) is 5.75 Å². The first-order valence-electron chi connectivity index (χ1n) is 5.62. The molecule has 0 aliphatic rings. The Balaban J connectivity index is 2.45. The summed E-state index contributed by atoms with van der Waals surface area (Å²) < 4.78 is 5.43. The summed E-state index contributed by atoms with van der Waals surface area (Å²) >= 11 is 6.16. The van der Waals surface area contributed by atoms with E-state index in [2.05, 4.69) is 9.97 Å². The highest BCUT2D eigenvalue weighted by Gasteiger charge is 2.10. The van der Waals surface area contributed by atoms with Crippen LogP contribution in [0.2, 0.25) is 5.02 Å². The number of hydrogen-bond acceptors (Lipinski definition) is 4. The molecule has 2 N–H and O–H groups in total. The fourth-order valence-electron chi connectivity index (χ4n) is 1.64. The van der Waals surface area contributed by atoms with Crippen LogP contribution in [-0.2, 0) is 0 Å². The van der Waals surface area contributed by atoms with Gasteiger partial charge in [0.1, 0.15) is 5.75 Å². The predicted molar refractivity (Wildman–Crippen MR) is 72.8 cm³/mol. The van der Waals surface area contributed by atoms with E-state index in [4.69, 9.17) is 22.1 Å². The van der Waals surface area contributed by atoms with Crippen molar-refractivity contribution >= 4 is 17.3 Å². The number of nitrogen functional groups attached to an aromatic ring is 1. The lowest BCUT2D eigenvalue weighted by molar-refractivity contribution is 0.340. The molecule has 4 nitrogen and oxygen atoms in total. The number of halogens is 1. The summed E-state index contributed by atoms with van der Waals surface area (Å²) in [6, 6.07) is 3.70. The summed E-state index contributed by atoms with van der Waals surface area (Å²) in [6.07, 6.45) is 3.15. The molecule has 2 rings (SSSR count). The zero-order valence-electron chi connectivity index (χ0n) is 10.3. The number of aryl methyl sites for hydroxylation is 1. The Bertz CT molecular complexity index is 555. The van der Waals surface area contributed by atoms with Crippen molar-refractivity contribution < 1.29 is 4.74 Å². The number of rotatable bonds is 3. The van der Waals surface area contributed by atoms with E-state index in [-0.39, 0.29) is 0 Å². The molecule has 0 aliphatic heterocycles.